The van der Waals surface area contributed by atoms with E-state index in [1.807, 2.05) is 5.32 Å². The third kappa shape index (κ3) is 4.42. The van der Waals surface area contributed by atoms with E-state index in [0.717, 1.165) is 12.1 Å². The first-order valence-corrected chi connectivity index (χ1v) is 5.69. The number of nitrogens with one attached hydrogen (secondary N) is 1. The van der Waals surface area contributed by atoms with E-state index in [-0.39, 0.29) is 13.0 Å². The second kappa shape index (κ2) is 6.53. The lowest BCUT2D eigenvalue weighted by molar-refractivity contribution is -0.146. The lowest BCUT2D eigenvalue weighted by Gasteiger charge is -2.11. The van der Waals surface area contributed by atoms with Gasteiger partial charge in [-0.2, -0.15) is 13.2 Å². The summed E-state index contributed by atoms with van der Waals surface area (Å²) in [4.78, 5) is 21.9. The molecule has 1 aromatic carbocycles. The molecule has 1 unspecified atom stereocenters. The number of carbonyl (C=O) groups is 2. The lowest BCUT2D eigenvalue weighted by atomic mass is 10.1. The highest BCUT2D eigenvalue weighted by Crippen LogP contribution is 2.32. The third-order valence-electron chi connectivity index (χ3n) is 2.54. The topological polar surface area (TPSA) is 86.6 Å². The number of hydrogen-bond acceptors (Lipinski definition) is 3. The van der Waals surface area contributed by atoms with Gasteiger partial charge in [-0.15, -0.1) is 0 Å². The quantitative estimate of drug-likeness (QED) is 0.718. The van der Waals surface area contributed by atoms with Crippen LogP contribution in [0.3, 0.4) is 0 Å². The molecular weight excluding hydrogens is 298 g/mol. The van der Waals surface area contributed by atoms with Crippen LogP contribution in [0.15, 0.2) is 18.2 Å². The van der Waals surface area contributed by atoms with Gasteiger partial charge in [0.2, 0.25) is 0 Å². The highest BCUT2D eigenvalue weighted by Gasteiger charge is 2.35. The fourth-order valence-electron chi connectivity index (χ4n) is 1.47. The SMILES string of the molecule is O=C(NCCC(O)C(=O)O)c1cccc(C(F)(F)F)c1F. The van der Waals surface area contributed by atoms with Gasteiger partial charge in [0.25, 0.3) is 5.91 Å². The van der Waals surface area contributed by atoms with Crippen LogP contribution >= 0.6 is 0 Å². The Balaban J connectivity index is 2.78. The van der Waals surface area contributed by atoms with Crippen molar-refractivity contribution in [2.24, 2.45) is 0 Å². The molecule has 0 spiro atoms. The van der Waals surface area contributed by atoms with Crippen molar-refractivity contribution in [2.75, 3.05) is 6.54 Å². The van der Waals surface area contributed by atoms with Gasteiger partial charge in [-0.3, -0.25) is 4.79 Å². The van der Waals surface area contributed by atoms with E-state index in [1.54, 1.807) is 0 Å². The summed E-state index contributed by atoms with van der Waals surface area (Å²) in [6.07, 6.45) is -7.02. The molecule has 0 heterocycles. The number of benzene rings is 1. The molecule has 1 aromatic rings. The number of carboxylic acids is 1. The van der Waals surface area contributed by atoms with Crippen LogP contribution in [-0.2, 0) is 11.0 Å². The Labute approximate surface area is 116 Å². The Morgan fingerprint density at radius 2 is 1.90 bits per heavy atom. The van der Waals surface area contributed by atoms with E-state index in [0.29, 0.717) is 6.07 Å². The fourth-order valence-corrected chi connectivity index (χ4v) is 1.47. The Bertz CT molecular complexity index is 545. The molecule has 0 saturated heterocycles. The smallest absolute Gasteiger partial charge is 0.419 e. The van der Waals surface area contributed by atoms with E-state index in [2.05, 4.69) is 0 Å². The third-order valence-corrected chi connectivity index (χ3v) is 2.54. The first kappa shape index (κ1) is 16.9. The Morgan fingerprint density at radius 3 is 2.43 bits per heavy atom. The monoisotopic (exact) mass is 309 g/mol. The summed E-state index contributed by atoms with van der Waals surface area (Å²) in [7, 11) is 0. The van der Waals surface area contributed by atoms with Crippen LogP contribution in [0.5, 0.6) is 0 Å². The second-order valence-electron chi connectivity index (χ2n) is 4.06. The molecule has 0 radical (unpaired) electrons. The maximum absolute atomic E-state index is 13.6. The van der Waals surface area contributed by atoms with Gasteiger partial charge in [-0.05, 0) is 12.1 Å². The molecular formula is C12H11F4NO4. The highest BCUT2D eigenvalue weighted by atomic mass is 19.4. The number of carboxylic acid groups (broad SMARTS) is 1. The first-order valence-electron chi connectivity index (χ1n) is 5.69. The van der Waals surface area contributed by atoms with Crippen molar-refractivity contribution in [3.8, 4) is 0 Å². The number of aliphatic hydroxyl groups excluding tert-OH is 1. The van der Waals surface area contributed by atoms with Gasteiger partial charge in [0, 0.05) is 13.0 Å². The van der Waals surface area contributed by atoms with E-state index in [1.165, 1.54) is 0 Å². The molecule has 5 nitrogen and oxygen atoms in total. The molecule has 0 aliphatic heterocycles. The number of halogens is 4. The zero-order valence-corrected chi connectivity index (χ0v) is 10.4. The molecule has 116 valence electrons. The van der Waals surface area contributed by atoms with Crippen molar-refractivity contribution < 1.29 is 37.4 Å². The summed E-state index contributed by atoms with van der Waals surface area (Å²) in [6.45, 7) is -0.331. The maximum Gasteiger partial charge on any atom is 0.419 e. The van der Waals surface area contributed by atoms with Crippen molar-refractivity contribution in [1.29, 1.82) is 0 Å². The summed E-state index contributed by atoms with van der Waals surface area (Å²) >= 11 is 0. The minimum absolute atomic E-state index is 0.331. The highest BCUT2D eigenvalue weighted by molar-refractivity contribution is 5.94. The molecule has 0 aliphatic carbocycles. The van der Waals surface area contributed by atoms with E-state index >= 15 is 0 Å². The van der Waals surface area contributed by atoms with Gasteiger partial charge in [0.1, 0.15) is 5.82 Å². The van der Waals surface area contributed by atoms with E-state index < -0.39 is 41.1 Å². The molecule has 0 aromatic heterocycles. The number of hydrogen-bond donors (Lipinski definition) is 3. The predicted molar refractivity (Wildman–Crippen MR) is 62.0 cm³/mol. The minimum atomic E-state index is -4.93. The van der Waals surface area contributed by atoms with Crippen LogP contribution in [0.1, 0.15) is 22.3 Å². The average Bonchev–Trinajstić information content (AvgIpc) is 2.37. The second-order valence-corrected chi connectivity index (χ2v) is 4.06. The van der Waals surface area contributed by atoms with Gasteiger partial charge < -0.3 is 15.5 Å². The fraction of sp³-hybridized carbons (Fsp3) is 0.333. The van der Waals surface area contributed by atoms with Crippen LogP contribution in [-0.4, -0.2) is 34.7 Å². The van der Waals surface area contributed by atoms with Crippen molar-refractivity contribution in [3.63, 3.8) is 0 Å². The molecule has 21 heavy (non-hydrogen) atoms. The Morgan fingerprint density at radius 1 is 1.29 bits per heavy atom. The number of alkyl halides is 3. The van der Waals surface area contributed by atoms with Crippen LogP contribution in [0.2, 0.25) is 0 Å². The minimum Gasteiger partial charge on any atom is -0.479 e. The molecule has 0 fully saturated rings. The maximum atomic E-state index is 13.6. The number of aliphatic carboxylic acids is 1. The normalized spacial score (nSPS) is 12.8. The molecule has 0 bridgehead atoms. The summed E-state index contributed by atoms with van der Waals surface area (Å²) in [5.74, 6) is -4.34. The van der Waals surface area contributed by atoms with E-state index in [9.17, 15) is 27.2 Å². The molecule has 3 N–H and O–H groups in total. The molecule has 0 aliphatic rings. The molecule has 0 saturated carbocycles. The summed E-state index contributed by atoms with van der Waals surface area (Å²) < 4.78 is 51.0. The summed E-state index contributed by atoms with van der Waals surface area (Å²) in [5, 5.41) is 19.4. The summed E-state index contributed by atoms with van der Waals surface area (Å²) in [6, 6.07) is 2.25. The largest absolute Gasteiger partial charge is 0.479 e. The van der Waals surface area contributed by atoms with Gasteiger partial charge in [0.15, 0.2) is 6.10 Å². The van der Waals surface area contributed by atoms with Crippen LogP contribution in [0, 0.1) is 5.82 Å². The number of rotatable bonds is 5. The van der Waals surface area contributed by atoms with Crippen molar-refractivity contribution in [2.45, 2.75) is 18.7 Å². The molecule has 1 rings (SSSR count). The summed E-state index contributed by atoms with van der Waals surface area (Å²) in [5.41, 5.74) is -2.38. The van der Waals surface area contributed by atoms with Crippen LogP contribution < -0.4 is 5.32 Å². The molecule has 1 atom stereocenters. The zero-order valence-electron chi connectivity index (χ0n) is 10.4. The molecule has 1 amide bonds. The van der Waals surface area contributed by atoms with Crippen LogP contribution in [0.4, 0.5) is 17.6 Å². The average molecular weight is 309 g/mol. The lowest BCUT2D eigenvalue weighted by Crippen LogP contribution is -2.30. The van der Waals surface area contributed by atoms with Crippen molar-refractivity contribution in [3.05, 3.63) is 35.1 Å². The number of aliphatic hydroxyl groups is 1. The van der Waals surface area contributed by atoms with Crippen molar-refractivity contribution in [1.82, 2.24) is 5.32 Å². The van der Waals surface area contributed by atoms with Crippen molar-refractivity contribution >= 4 is 11.9 Å². The number of carbonyl (C=O) groups excluding carboxylic acids is 1. The Kier molecular flexibility index (Phi) is 5.25. The zero-order chi connectivity index (χ0) is 16.2. The standard InChI is InChI=1S/C12H11F4NO4/c13-9-6(2-1-3-7(9)12(14,15)16)10(19)17-5-4-8(18)11(20)21/h1-3,8,18H,4-5H2,(H,17,19)(H,20,21). The van der Waals surface area contributed by atoms with Gasteiger partial charge in [-0.25, -0.2) is 9.18 Å². The number of amides is 1. The predicted octanol–water partition coefficient (Wildman–Crippen LogP) is 1.41. The van der Waals surface area contributed by atoms with Crippen LogP contribution in [0.25, 0.3) is 0 Å². The van der Waals surface area contributed by atoms with Gasteiger partial charge >= 0.3 is 12.1 Å². The molecule has 9 heteroatoms. The van der Waals surface area contributed by atoms with E-state index in [4.69, 9.17) is 10.2 Å². The van der Waals surface area contributed by atoms with Gasteiger partial charge in [0.05, 0.1) is 11.1 Å². The van der Waals surface area contributed by atoms with Gasteiger partial charge in [-0.1, -0.05) is 6.07 Å². The Hall–Kier alpha value is -2.16. The first-order chi connectivity index (χ1) is 9.64.